The number of nitrogens with zero attached hydrogens (tertiary/aromatic N) is 4. The Bertz CT molecular complexity index is 975. The van der Waals surface area contributed by atoms with Gasteiger partial charge < -0.3 is 9.80 Å². The van der Waals surface area contributed by atoms with Gasteiger partial charge in [0.25, 0.3) is 0 Å². The first-order valence-electron chi connectivity index (χ1n) is 11.9. The summed E-state index contributed by atoms with van der Waals surface area (Å²) in [5.41, 5.74) is 3.26. The number of carbonyl (C=O) groups is 2. The number of anilines is 1. The van der Waals surface area contributed by atoms with Gasteiger partial charge in [0, 0.05) is 69.2 Å². The van der Waals surface area contributed by atoms with Crippen LogP contribution in [0.15, 0.2) is 48.8 Å². The average Bonchev–Trinajstić information content (AvgIpc) is 3.58. The maximum Gasteiger partial charge on any atom is 0.226 e. The summed E-state index contributed by atoms with van der Waals surface area (Å²) >= 11 is 0. The molecule has 1 aromatic carbocycles. The first-order valence-corrected chi connectivity index (χ1v) is 11.9. The topological polar surface area (TPSA) is 56.8 Å². The average molecular weight is 433 g/mol. The van der Waals surface area contributed by atoms with E-state index in [0.29, 0.717) is 25.2 Å². The number of aromatic nitrogens is 1. The van der Waals surface area contributed by atoms with Crippen molar-refractivity contribution in [3.63, 3.8) is 0 Å². The Balaban J connectivity index is 1.50. The summed E-state index contributed by atoms with van der Waals surface area (Å²) < 4.78 is 0. The number of rotatable bonds is 3. The molecular formula is C26H32N4O2. The molecule has 0 spiro atoms. The lowest BCUT2D eigenvalue weighted by atomic mass is 10.1. The first-order chi connectivity index (χ1) is 15.6. The van der Waals surface area contributed by atoms with Crippen molar-refractivity contribution in [2.24, 2.45) is 5.92 Å². The summed E-state index contributed by atoms with van der Waals surface area (Å²) in [5, 5.41) is 0. The SMILES string of the molecule is CC(=O)N1CCC2CCC(CN(C(=O)C3CC3)Cc3ccccc31)N2Cc1ccncc1. The van der Waals surface area contributed by atoms with E-state index in [1.807, 2.05) is 35.5 Å². The fourth-order valence-electron chi connectivity index (χ4n) is 5.39. The molecule has 2 atom stereocenters. The maximum absolute atomic E-state index is 13.3. The molecule has 3 heterocycles. The summed E-state index contributed by atoms with van der Waals surface area (Å²) in [6, 6.07) is 13.0. The molecule has 2 fully saturated rings. The number of pyridine rings is 1. The normalized spacial score (nSPS) is 24.0. The van der Waals surface area contributed by atoms with Crippen LogP contribution in [0, 0.1) is 5.92 Å². The zero-order chi connectivity index (χ0) is 22.1. The smallest absolute Gasteiger partial charge is 0.226 e. The van der Waals surface area contributed by atoms with Crippen molar-refractivity contribution in [3.8, 4) is 0 Å². The van der Waals surface area contributed by atoms with E-state index in [1.165, 1.54) is 5.56 Å². The number of amides is 2. The van der Waals surface area contributed by atoms with E-state index < -0.39 is 0 Å². The fourth-order valence-corrected chi connectivity index (χ4v) is 5.39. The van der Waals surface area contributed by atoms with Crippen LogP contribution in [-0.4, -0.2) is 51.8 Å². The Hall–Kier alpha value is -2.73. The van der Waals surface area contributed by atoms with Crippen LogP contribution in [0.5, 0.6) is 0 Å². The molecule has 1 saturated heterocycles. The van der Waals surface area contributed by atoms with Gasteiger partial charge in [-0.05, 0) is 61.4 Å². The zero-order valence-corrected chi connectivity index (χ0v) is 18.8. The molecule has 6 heteroatoms. The molecule has 0 N–H and O–H groups in total. The van der Waals surface area contributed by atoms with Crippen molar-refractivity contribution in [1.29, 1.82) is 0 Å². The van der Waals surface area contributed by atoms with Gasteiger partial charge in [-0.15, -0.1) is 0 Å². The highest BCUT2D eigenvalue weighted by molar-refractivity contribution is 5.92. The Morgan fingerprint density at radius 3 is 2.47 bits per heavy atom. The molecule has 2 aliphatic heterocycles. The van der Waals surface area contributed by atoms with E-state index in [1.54, 1.807) is 6.92 Å². The monoisotopic (exact) mass is 432 g/mol. The van der Waals surface area contributed by atoms with Crippen molar-refractivity contribution in [2.75, 3.05) is 18.0 Å². The second kappa shape index (κ2) is 9.02. The van der Waals surface area contributed by atoms with Gasteiger partial charge in [0.1, 0.15) is 0 Å². The summed E-state index contributed by atoms with van der Waals surface area (Å²) in [6.45, 7) is 4.53. The maximum atomic E-state index is 13.3. The Kier molecular flexibility index (Phi) is 5.96. The van der Waals surface area contributed by atoms with E-state index in [0.717, 1.165) is 56.4 Å². The molecule has 1 saturated carbocycles. The Morgan fingerprint density at radius 2 is 1.72 bits per heavy atom. The number of hydrogen-bond donors (Lipinski definition) is 0. The molecular weight excluding hydrogens is 400 g/mol. The van der Waals surface area contributed by atoms with Crippen molar-refractivity contribution in [1.82, 2.24) is 14.8 Å². The minimum Gasteiger partial charge on any atom is -0.336 e. The first kappa shape index (κ1) is 21.1. The van der Waals surface area contributed by atoms with Crippen LogP contribution in [0.3, 0.4) is 0 Å². The molecule has 2 unspecified atom stereocenters. The molecule has 2 bridgehead atoms. The van der Waals surface area contributed by atoms with Crippen LogP contribution in [0.25, 0.3) is 0 Å². The molecule has 2 amide bonds. The van der Waals surface area contributed by atoms with E-state index in [2.05, 4.69) is 33.0 Å². The predicted octanol–water partition coefficient (Wildman–Crippen LogP) is 3.61. The molecule has 3 aliphatic rings. The highest BCUT2D eigenvalue weighted by Crippen LogP contribution is 2.36. The number of hydrogen-bond acceptors (Lipinski definition) is 4. The summed E-state index contributed by atoms with van der Waals surface area (Å²) in [7, 11) is 0. The van der Waals surface area contributed by atoms with Crippen molar-refractivity contribution >= 4 is 17.5 Å². The van der Waals surface area contributed by atoms with Crippen LogP contribution in [0.4, 0.5) is 5.69 Å². The van der Waals surface area contributed by atoms with Gasteiger partial charge in [-0.2, -0.15) is 0 Å². The quantitative estimate of drug-likeness (QED) is 0.744. The third-order valence-electron chi connectivity index (χ3n) is 7.26. The van der Waals surface area contributed by atoms with Crippen molar-refractivity contribution in [2.45, 2.75) is 64.2 Å². The Labute approximate surface area is 190 Å². The standard InChI is InChI=1S/C26H32N4O2/c1-19(31)29-15-12-23-8-9-24(30(23)16-20-10-13-27-14-11-20)18-28(26(32)21-6-7-21)17-22-4-2-3-5-25(22)29/h2-5,10-11,13-14,21,23-24H,6-9,12,15-18H2,1H3. The van der Waals surface area contributed by atoms with Crippen LogP contribution in [-0.2, 0) is 22.7 Å². The van der Waals surface area contributed by atoms with Gasteiger partial charge in [0.15, 0.2) is 0 Å². The number of benzene rings is 1. The summed E-state index contributed by atoms with van der Waals surface area (Å²) in [6.07, 6.45) is 8.84. The summed E-state index contributed by atoms with van der Waals surface area (Å²) in [5.74, 6) is 0.523. The molecule has 1 aromatic heterocycles. The fraction of sp³-hybridized carbons (Fsp3) is 0.500. The lowest BCUT2D eigenvalue weighted by Crippen LogP contribution is -2.45. The largest absolute Gasteiger partial charge is 0.336 e. The molecule has 168 valence electrons. The van der Waals surface area contributed by atoms with E-state index in [4.69, 9.17) is 0 Å². The minimum absolute atomic E-state index is 0.0620. The molecule has 32 heavy (non-hydrogen) atoms. The number of para-hydroxylation sites is 1. The van der Waals surface area contributed by atoms with E-state index in [9.17, 15) is 9.59 Å². The van der Waals surface area contributed by atoms with Crippen LogP contribution in [0.2, 0.25) is 0 Å². The number of fused-ring (bicyclic) bond motifs is 3. The predicted molar refractivity (Wildman–Crippen MR) is 124 cm³/mol. The number of carbonyl (C=O) groups excluding carboxylic acids is 2. The van der Waals surface area contributed by atoms with E-state index >= 15 is 0 Å². The van der Waals surface area contributed by atoms with Crippen molar-refractivity contribution in [3.05, 3.63) is 59.9 Å². The second-order valence-electron chi connectivity index (χ2n) is 9.49. The highest BCUT2D eigenvalue weighted by Gasteiger charge is 2.39. The van der Waals surface area contributed by atoms with Gasteiger partial charge in [-0.25, -0.2) is 0 Å². The molecule has 1 aliphatic carbocycles. The third-order valence-corrected chi connectivity index (χ3v) is 7.26. The van der Waals surface area contributed by atoms with Gasteiger partial charge in [0.05, 0.1) is 0 Å². The van der Waals surface area contributed by atoms with Gasteiger partial charge in [-0.3, -0.25) is 19.5 Å². The second-order valence-corrected chi connectivity index (χ2v) is 9.49. The molecule has 2 aromatic rings. The van der Waals surface area contributed by atoms with Crippen LogP contribution in [0.1, 0.15) is 50.2 Å². The minimum atomic E-state index is 0.0620. The van der Waals surface area contributed by atoms with E-state index in [-0.39, 0.29) is 17.7 Å². The zero-order valence-electron chi connectivity index (χ0n) is 18.8. The van der Waals surface area contributed by atoms with Gasteiger partial charge in [-0.1, -0.05) is 18.2 Å². The van der Waals surface area contributed by atoms with Gasteiger partial charge >= 0.3 is 0 Å². The third kappa shape index (κ3) is 4.42. The summed E-state index contributed by atoms with van der Waals surface area (Å²) in [4.78, 5) is 36.7. The van der Waals surface area contributed by atoms with Crippen LogP contribution < -0.4 is 4.90 Å². The highest BCUT2D eigenvalue weighted by atomic mass is 16.2. The molecule has 6 nitrogen and oxygen atoms in total. The lowest BCUT2D eigenvalue weighted by molar-refractivity contribution is -0.134. The molecule has 0 radical (unpaired) electrons. The molecule has 5 rings (SSSR count). The van der Waals surface area contributed by atoms with Crippen molar-refractivity contribution < 1.29 is 9.59 Å². The lowest BCUT2D eigenvalue weighted by Gasteiger charge is -2.34. The van der Waals surface area contributed by atoms with Crippen LogP contribution >= 0.6 is 0 Å². The van der Waals surface area contributed by atoms with Gasteiger partial charge in [0.2, 0.25) is 11.8 Å². The Morgan fingerprint density at radius 1 is 0.969 bits per heavy atom.